The van der Waals surface area contributed by atoms with E-state index < -0.39 is 24.0 Å². The molecule has 0 saturated carbocycles. The Kier molecular flexibility index (Phi) is 10.2. The molecule has 3 N–H and O–H groups in total. The summed E-state index contributed by atoms with van der Waals surface area (Å²) in [7, 11) is 1.30. The van der Waals surface area contributed by atoms with Crippen molar-refractivity contribution in [2.45, 2.75) is 19.0 Å². The largest absolute Gasteiger partial charge is 0.465 e. The highest BCUT2D eigenvalue weighted by Gasteiger charge is 2.31. The van der Waals surface area contributed by atoms with E-state index in [2.05, 4.69) is 20.6 Å². The summed E-state index contributed by atoms with van der Waals surface area (Å²) in [6.07, 6.45) is -0.918. The molecule has 12 nitrogen and oxygen atoms in total. The molecule has 0 spiro atoms. The Hall–Kier alpha value is -5.78. The summed E-state index contributed by atoms with van der Waals surface area (Å²) in [5, 5.41) is 15.5. The van der Waals surface area contributed by atoms with Crippen molar-refractivity contribution >= 4 is 29.7 Å². The van der Waals surface area contributed by atoms with E-state index in [1.807, 2.05) is 60.7 Å². The molecule has 1 aliphatic heterocycles. The third kappa shape index (κ3) is 8.03. The summed E-state index contributed by atoms with van der Waals surface area (Å²) in [5.41, 5.74) is 2.87. The molecule has 0 radical (unpaired) electrons. The van der Waals surface area contributed by atoms with Crippen LogP contribution in [0.25, 0.3) is 11.4 Å². The Morgan fingerprint density at radius 2 is 1.46 bits per heavy atom. The lowest BCUT2D eigenvalue weighted by atomic mass is 10.0. The minimum Gasteiger partial charge on any atom is -0.465 e. The van der Waals surface area contributed by atoms with Crippen LogP contribution < -0.4 is 10.6 Å². The molecule has 3 aromatic carbocycles. The first-order valence-corrected chi connectivity index (χ1v) is 14.8. The van der Waals surface area contributed by atoms with Crippen LogP contribution in [0.1, 0.15) is 32.0 Å². The van der Waals surface area contributed by atoms with Crippen LogP contribution in [0.3, 0.4) is 0 Å². The second-order valence-corrected chi connectivity index (χ2v) is 10.7. The van der Waals surface area contributed by atoms with Crippen LogP contribution in [0.2, 0.25) is 0 Å². The van der Waals surface area contributed by atoms with Crippen LogP contribution in [-0.4, -0.2) is 88.1 Å². The first-order chi connectivity index (χ1) is 22.3. The second kappa shape index (κ2) is 14.8. The summed E-state index contributed by atoms with van der Waals surface area (Å²) in [5.74, 6) is -0.631. The van der Waals surface area contributed by atoms with Crippen LogP contribution in [-0.2, 0) is 22.5 Å². The third-order valence-corrected chi connectivity index (χ3v) is 7.59. The van der Waals surface area contributed by atoms with Crippen molar-refractivity contribution in [2.24, 2.45) is 0 Å². The van der Waals surface area contributed by atoms with Gasteiger partial charge in [0.25, 0.3) is 5.91 Å². The number of ether oxygens (including phenoxy) is 1. The number of hydrogen-bond acceptors (Lipinski definition) is 8. The number of hydrogen-bond donors (Lipinski definition) is 3. The molecule has 5 rings (SSSR count). The number of aromatic nitrogens is 2. The molecule has 1 atom stereocenters. The fourth-order valence-electron chi connectivity index (χ4n) is 5.06. The fourth-order valence-corrected chi connectivity index (χ4v) is 5.06. The van der Waals surface area contributed by atoms with Crippen molar-refractivity contribution in [1.82, 2.24) is 25.1 Å². The average Bonchev–Trinajstić information content (AvgIpc) is 3.10. The van der Waals surface area contributed by atoms with Gasteiger partial charge in [0.1, 0.15) is 17.6 Å². The summed E-state index contributed by atoms with van der Waals surface area (Å²) in [4.78, 5) is 62.9. The number of esters is 1. The van der Waals surface area contributed by atoms with E-state index in [-0.39, 0.29) is 44.2 Å². The number of nitrogens with zero attached hydrogens (tertiary/aromatic N) is 4. The van der Waals surface area contributed by atoms with Gasteiger partial charge in [-0.3, -0.25) is 9.59 Å². The second-order valence-electron chi connectivity index (χ2n) is 10.7. The van der Waals surface area contributed by atoms with Gasteiger partial charge in [-0.2, -0.15) is 0 Å². The highest BCUT2D eigenvalue weighted by Crippen LogP contribution is 2.19. The van der Waals surface area contributed by atoms with Crippen LogP contribution in [0.5, 0.6) is 0 Å². The predicted molar refractivity (Wildman–Crippen MR) is 170 cm³/mol. The van der Waals surface area contributed by atoms with Gasteiger partial charge >= 0.3 is 12.1 Å². The predicted octanol–water partition coefficient (Wildman–Crippen LogP) is 3.71. The monoisotopic (exact) mass is 622 g/mol. The van der Waals surface area contributed by atoms with Gasteiger partial charge in [-0.15, -0.1) is 0 Å². The van der Waals surface area contributed by atoms with Gasteiger partial charge in [-0.25, -0.2) is 19.6 Å². The summed E-state index contributed by atoms with van der Waals surface area (Å²) in [6.45, 7) is 1.19. The van der Waals surface area contributed by atoms with E-state index in [1.165, 1.54) is 12.0 Å². The molecule has 46 heavy (non-hydrogen) atoms. The normalized spacial score (nSPS) is 13.4. The average molecular weight is 623 g/mol. The smallest absolute Gasteiger partial charge is 0.407 e. The van der Waals surface area contributed by atoms with E-state index in [9.17, 15) is 24.3 Å². The van der Waals surface area contributed by atoms with Crippen molar-refractivity contribution < 1.29 is 29.0 Å². The molecule has 1 saturated heterocycles. The number of carbonyl (C=O) groups excluding carboxylic acids is 3. The zero-order chi connectivity index (χ0) is 32.5. The number of piperazine rings is 1. The quantitative estimate of drug-likeness (QED) is 0.225. The first-order valence-electron chi connectivity index (χ1n) is 14.8. The van der Waals surface area contributed by atoms with Crippen molar-refractivity contribution in [1.29, 1.82) is 0 Å². The Morgan fingerprint density at radius 1 is 0.826 bits per heavy atom. The maximum absolute atomic E-state index is 13.8. The number of rotatable bonds is 10. The van der Waals surface area contributed by atoms with Gasteiger partial charge in [0.2, 0.25) is 5.91 Å². The Balaban J connectivity index is 1.41. The number of nitrogens with one attached hydrogen (secondary N) is 2. The van der Waals surface area contributed by atoms with E-state index in [0.29, 0.717) is 29.3 Å². The molecular weight excluding hydrogens is 588 g/mol. The molecule has 4 aromatic rings. The van der Waals surface area contributed by atoms with Gasteiger partial charge in [-0.1, -0.05) is 72.8 Å². The van der Waals surface area contributed by atoms with E-state index in [0.717, 1.165) is 11.1 Å². The Bertz CT molecular complexity index is 1680. The van der Waals surface area contributed by atoms with E-state index in [1.54, 1.807) is 35.2 Å². The number of amides is 3. The summed E-state index contributed by atoms with van der Waals surface area (Å²) >= 11 is 0. The number of carbonyl (C=O) groups is 4. The fraction of sp³-hybridized carbons (Fsp3) is 0.235. The van der Waals surface area contributed by atoms with Gasteiger partial charge in [0, 0.05) is 50.8 Å². The van der Waals surface area contributed by atoms with E-state index in [4.69, 9.17) is 4.74 Å². The number of benzene rings is 3. The molecule has 3 amide bonds. The van der Waals surface area contributed by atoms with E-state index >= 15 is 0 Å². The molecule has 0 aliphatic carbocycles. The maximum atomic E-state index is 13.8. The molecule has 2 heterocycles. The maximum Gasteiger partial charge on any atom is 0.407 e. The van der Waals surface area contributed by atoms with Crippen molar-refractivity contribution in [2.75, 3.05) is 38.6 Å². The summed E-state index contributed by atoms with van der Waals surface area (Å²) < 4.78 is 4.78. The van der Waals surface area contributed by atoms with Crippen molar-refractivity contribution in [3.05, 3.63) is 113 Å². The Morgan fingerprint density at radius 3 is 2.09 bits per heavy atom. The molecule has 1 aliphatic rings. The molecule has 1 fully saturated rings. The molecule has 1 aromatic heterocycles. The SMILES string of the molecule is COC(=O)c1ccc(C[C@H](NC(=O)c2cc(NCc3ccccc3)nc(-c3ccccc3)n2)C(=O)N2CCN(C(=O)O)CC2)cc1. The molecular formula is C34H34N6O6. The van der Waals surface area contributed by atoms with Crippen LogP contribution in [0.4, 0.5) is 10.6 Å². The minimum atomic E-state index is -1.04. The van der Waals surface area contributed by atoms with Gasteiger partial charge in [0.15, 0.2) is 5.82 Å². The highest BCUT2D eigenvalue weighted by molar-refractivity contribution is 5.97. The number of carboxylic acid groups (broad SMARTS) is 1. The summed E-state index contributed by atoms with van der Waals surface area (Å²) in [6, 6.07) is 26.2. The third-order valence-electron chi connectivity index (χ3n) is 7.59. The minimum absolute atomic E-state index is 0.0685. The lowest BCUT2D eigenvalue weighted by Gasteiger charge is -2.35. The van der Waals surface area contributed by atoms with Crippen molar-refractivity contribution in [3.63, 3.8) is 0 Å². The number of methoxy groups -OCH3 is 1. The zero-order valence-electron chi connectivity index (χ0n) is 25.3. The molecule has 12 heteroatoms. The van der Waals surface area contributed by atoms with Crippen LogP contribution >= 0.6 is 0 Å². The Labute approximate surface area is 266 Å². The van der Waals surface area contributed by atoms with Gasteiger partial charge in [0.05, 0.1) is 12.7 Å². The highest BCUT2D eigenvalue weighted by atomic mass is 16.5. The van der Waals surface area contributed by atoms with Crippen molar-refractivity contribution in [3.8, 4) is 11.4 Å². The van der Waals surface area contributed by atoms with Crippen LogP contribution in [0.15, 0.2) is 91.0 Å². The standard InChI is InChI=1S/C34H34N6O6/c1-46-33(43)26-14-12-23(13-15-26)20-28(32(42)39-16-18-40(19-17-39)34(44)45)37-31(41)27-21-29(35-22-24-8-4-2-5-9-24)38-30(36-27)25-10-6-3-7-11-25/h2-15,21,28H,16-20,22H2,1H3,(H,37,41)(H,44,45)(H,35,36,38)/t28-/m0/s1. The molecule has 0 unspecified atom stereocenters. The van der Waals surface area contributed by atoms with Gasteiger partial charge in [-0.05, 0) is 23.3 Å². The van der Waals surface area contributed by atoms with Crippen LogP contribution in [0, 0.1) is 0 Å². The number of anilines is 1. The zero-order valence-corrected chi connectivity index (χ0v) is 25.3. The lowest BCUT2D eigenvalue weighted by Crippen LogP contribution is -2.56. The topological polar surface area (TPSA) is 154 Å². The first kappa shape index (κ1) is 31.6. The molecule has 236 valence electrons. The molecule has 0 bridgehead atoms. The van der Waals surface area contributed by atoms with Gasteiger partial charge < -0.3 is 30.3 Å². The lowest BCUT2D eigenvalue weighted by molar-refractivity contribution is -0.134.